The zero-order chi connectivity index (χ0) is 15.6. The third-order valence-electron chi connectivity index (χ3n) is 3.33. The molecule has 2 aromatic carbocycles. The molecule has 0 unspecified atom stereocenters. The summed E-state index contributed by atoms with van der Waals surface area (Å²) < 4.78 is 4.54. The summed E-state index contributed by atoms with van der Waals surface area (Å²) in [6, 6.07) is 17.8. The van der Waals surface area contributed by atoms with E-state index in [1.165, 1.54) is 0 Å². The van der Waals surface area contributed by atoms with Gasteiger partial charge in [-0.15, -0.1) is 0 Å². The Bertz CT molecular complexity index is 969. The lowest BCUT2D eigenvalue weighted by molar-refractivity contribution is 0.314. The predicted molar refractivity (Wildman–Crippen MR) is 84.2 cm³/mol. The van der Waals surface area contributed by atoms with Gasteiger partial charge in [-0.2, -0.15) is 9.97 Å². The molecule has 4 rings (SSSR count). The highest BCUT2D eigenvalue weighted by Crippen LogP contribution is 2.27. The molecule has 0 fully saturated rings. The number of aromatic hydroxyl groups is 1. The Balaban J connectivity index is 1.69. The maximum absolute atomic E-state index is 9.93. The Morgan fingerprint density at radius 2 is 1.57 bits per heavy atom. The minimum absolute atomic E-state index is 0.158. The van der Waals surface area contributed by atoms with Crippen molar-refractivity contribution in [2.75, 3.05) is 5.32 Å². The number of fused-ring (bicyclic) bond motifs is 1. The summed E-state index contributed by atoms with van der Waals surface area (Å²) in [5.41, 5.74) is 3.30. The molecule has 0 amide bonds. The first-order valence-electron chi connectivity index (χ1n) is 6.91. The van der Waals surface area contributed by atoms with E-state index in [2.05, 4.69) is 30.2 Å². The van der Waals surface area contributed by atoms with Crippen LogP contribution in [0.5, 0.6) is 5.88 Å². The van der Waals surface area contributed by atoms with E-state index in [1.54, 1.807) is 0 Å². The maximum atomic E-state index is 9.93. The summed E-state index contributed by atoms with van der Waals surface area (Å²) in [6.45, 7) is 0. The van der Waals surface area contributed by atoms with Gasteiger partial charge in [-0.05, 0) is 33.6 Å². The molecule has 7 heteroatoms. The van der Waals surface area contributed by atoms with Gasteiger partial charge in [-0.25, -0.2) is 4.63 Å². The van der Waals surface area contributed by atoms with Crippen molar-refractivity contribution in [1.82, 2.24) is 20.3 Å². The van der Waals surface area contributed by atoms with Gasteiger partial charge >= 0.3 is 0 Å². The number of rotatable bonds is 3. The maximum Gasteiger partial charge on any atom is 0.257 e. The van der Waals surface area contributed by atoms with Gasteiger partial charge in [0.2, 0.25) is 11.3 Å². The van der Waals surface area contributed by atoms with Crippen LogP contribution in [0.1, 0.15) is 0 Å². The third-order valence-corrected chi connectivity index (χ3v) is 3.33. The molecule has 0 aliphatic rings. The summed E-state index contributed by atoms with van der Waals surface area (Å²) in [7, 11) is 0. The molecule has 0 saturated heterocycles. The Morgan fingerprint density at radius 3 is 2.39 bits per heavy atom. The normalized spacial score (nSPS) is 10.8. The summed E-state index contributed by atoms with van der Waals surface area (Å²) in [4.78, 5) is 8.02. The number of benzene rings is 2. The average molecular weight is 305 g/mol. The zero-order valence-corrected chi connectivity index (χ0v) is 11.8. The highest BCUT2D eigenvalue weighted by Gasteiger charge is 2.12. The summed E-state index contributed by atoms with van der Waals surface area (Å²) >= 11 is 0. The van der Waals surface area contributed by atoms with Crippen LogP contribution in [-0.4, -0.2) is 25.4 Å². The Hall–Kier alpha value is -3.48. The highest BCUT2D eigenvalue weighted by molar-refractivity contribution is 5.74. The van der Waals surface area contributed by atoms with Crippen LogP contribution in [0.2, 0.25) is 0 Å². The first-order chi connectivity index (χ1) is 11.3. The molecule has 0 aliphatic carbocycles. The van der Waals surface area contributed by atoms with Crippen LogP contribution in [0.4, 0.5) is 11.5 Å². The molecule has 0 aliphatic heterocycles. The van der Waals surface area contributed by atoms with Gasteiger partial charge in [-0.1, -0.05) is 42.5 Å². The largest absolute Gasteiger partial charge is 0.491 e. The van der Waals surface area contributed by atoms with Gasteiger partial charge in [0.1, 0.15) is 0 Å². The predicted octanol–water partition coefficient (Wildman–Crippen LogP) is 3.13. The number of nitrogens with one attached hydrogen (secondary N) is 1. The molecule has 0 bridgehead atoms. The first kappa shape index (κ1) is 13.2. The summed E-state index contributed by atoms with van der Waals surface area (Å²) in [6.07, 6.45) is 0. The fraction of sp³-hybridized carbons (Fsp3) is 0. The quantitative estimate of drug-likeness (QED) is 0.600. The SMILES string of the molecule is Oc1nc2nonc2nc1Nc1cccc(-c2ccccc2)c1. The van der Waals surface area contributed by atoms with E-state index in [-0.39, 0.29) is 23.0 Å². The van der Waals surface area contributed by atoms with Crippen molar-refractivity contribution in [2.24, 2.45) is 0 Å². The van der Waals surface area contributed by atoms with Crippen LogP contribution < -0.4 is 5.32 Å². The van der Waals surface area contributed by atoms with Gasteiger partial charge in [0, 0.05) is 5.69 Å². The highest BCUT2D eigenvalue weighted by atomic mass is 16.6. The third kappa shape index (κ3) is 2.55. The second-order valence-corrected chi connectivity index (χ2v) is 4.88. The zero-order valence-electron chi connectivity index (χ0n) is 11.8. The Morgan fingerprint density at radius 1 is 0.826 bits per heavy atom. The van der Waals surface area contributed by atoms with Crippen molar-refractivity contribution in [1.29, 1.82) is 0 Å². The number of aromatic nitrogens is 4. The number of hydrogen-bond acceptors (Lipinski definition) is 7. The van der Waals surface area contributed by atoms with E-state index in [1.807, 2.05) is 54.6 Å². The van der Waals surface area contributed by atoms with E-state index in [0.717, 1.165) is 16.8 Å². The van der Waals surface area contributed by atoms with E-state index >= 15 is 0 Å². The van der Waals surface area contributed by atoms with E-state index in [4.69, 9.17) is 0 Å². The average Bonchev–Trinajstić information content (AvgIpc) is 3.03. The van der Waals surface area contributed by atoms with Crippen LogP contribution in [0, 0.1) is 0 Å². The van der Waals surface area contributed by atoms with E-state index in [9.17, 15) is 5.11 Å². The van der Waals surface area contributed by atoms with Gasteiger partial charge in [0.15, 0.2) is 5.82 Å². The molecule has 0 radical (unpaired) electrons. The monoisotopic (exact) mass is 305 g/mol. The minimum Gasteiger partial charge on any atom is -0.491 e. The molecule has 7 nitrogen and oxygen atoms in total. The smallest absolute Gasteiger partial charge is 0.257 e. The fourth-order valence-electron chi connectivity index (χ4n) is 2.26. The number of hydrogen-bond donors (Lipinski definition) is 2. The molecule has 2 aromatic heterocycles. The second kappa shape index (κ2) is 5.38. The lowest BCUT2D eigenvalue weighted by atomic mass is 10.1. The topological polar surface area (TPSA) is 97.0 Å². The van der Waals surface area contributed by atoms with Crippen LogP contribution in [0.25, 0.3) is 22.4 Å². The van der Waals surface area contributed by atoms with Crippen molar-refractivity contribution in [3.8, 4) is 17.0 Å². The van der Waals surface area contributed by atoms with E-state index in [0.29, 0.717) is 0 Å². The molecule has 2 N–H and O–H groups in total. The Kier molecular flexibility index (Phi) is 3.09. The molecule has 0 saturated carbocycles. The molecular weight excluding hydrogens is 294 g/mol. The van der Waals surface area contributed by atoms with Gasteiger partial charge in [0.25, 0.3) is 5.88 Å². The van der Waals surface area contributed by atoms with Crippen molar-refractivity contribution < 1.29 is 9.74 Å². The van der Waals surface area contributed by atoms with E-state index < -0.39 is 0 Å². The molecule has 23 heavy (non-hydrogen) atoms. The lowest BCUT2D eigenvalue weighted by Gasteiger charge is -2.08. The van der Waals surface area contributed by atoms with Crippen LogP contribution in [0.15, 0.2) is 59.2 Å². The standard InChI is InChI=1S/C16H11N5O2/c22-16-15(18-13-14(19-16)21-23-20-13)17-12-8-4-7-11(9-12)10-5-2-1-3-6-10/h1-9H,(H,17,18,20)(H,19,21,22). The van der Waals surface area contributed by atoms with Crippen LogP contribution >= 0.6 is 0 Å². The second-order valence-electron chi connectivity index (χ2n) is 4.88. The molecule has 112 valence electrons. The first-order valence-corrected chi connectivity index (χ1v) is 6.91. The van der Waals surface area contributed by atoms with Gasteiger partial charge in [-0.3, -0.25) is 0 Å². The molecule has 0 spiro atoms. The van der Waals surface area contributed by atoms with Crippen molar-refractivity contribution in [2.45, 2.75) is 0 Å². The van der Waals surface area contributed by atoms with Gasteiger partial charge in [0.05, 0.1) is 0 Å². The number of anilines is 2. The molecule has 4 aromatic rings. The fourth-order valence-corrected chi connectivity index (χ4v) is 2.26. The summed E-state index contributed by atoms with van der Waals surface area (Å²) in [5.74, 6) is -0.0725. The van der Waals surface area contributed by atoms with Crippen molar-refractivity contribution >= 4 is 22.8 Å². The van der Waals surface area contributed by atoms with Crippen molar-refractivity contribution in [3.63, 3.8) is 0 Å². The van der Waals surface area contributed by atoms with Crippen molar-refractivity contribution in [3.05, 3.63) is 54.6 Å². The molecular formula is C16H11N5O2. The lowest BCUT2D eigenvalue weighted by Crippen LogP contribution is -1.96. The molecule has 2 heterocycles. The Labute approximate surface area is 130 Å². The van der Waals surface area contributed by atoms with Gasteiger partial charge < -0.3 is 10.4 Å². The summed E-state index contributed by atoms with van der Waals surface area (Å²) in [5, 5.41) is 20.1. The number of nitrogens with zero attached hydrogens (tertiary/aromatic N) is 4. The molecule has 0 atom stereocenters. The minimum atomic E-state index is -0.265. The van der Waals surface area contributed by atoms with Crippen LogP contribution in [0.3, 0.4) is 0 Å². The van der Waals surface area contributed by atoms with Crippen LogP contribution in [-0.2, 0) is 0 Å².